The fourth-order valence-corrected chi connectivity index (χ4v) is 4.31. The van der Waals surface area contributed by atoms with Gasteiger partial charge in [0.2, 0.25) is 0 Å². The molecule has 0 bridgehead atoms. The fourth-order valence-electron chi connectivity index (χ4n) is 4.31. The third kappa shape index (κ3) is 4.64. The SMILES string of the molecule is Cc1ccoc1C(=O)NC1CCN(CC2CCCCN2C(C)C)CC1. The summed E-state index contributed by atoms with van der Waals surface area (Å²) in [5.41, 5.74) is 0.904. The van der Waals surface area contributed by atoms with E-state index in [0.29, 0.717) is 17.8 Å². The Bertz CT molecular complexity index is 561. The number of piperidine rings is 2. The van der Waals surface area contributed by atoms with E-state index in [1.165, 1.54) is 32.4 Å². The Morgan fingerprint density at radius 2 is 2.00 bits per heavy atom. The van der Waals surface area contributed by atoms with Crippen molar-refractivity contribution in [2.24, 2.45) is 0 Å². The van der Waals surface area contributed by atoms with E-state index < -0.39 is 0 Å². The minimum atomic E-state index is -0.0702. The smallest absolute Gasteiger partial charge is 0.287 e. The number of likely N-dealkylation sites (tertiary alicyclic amines) is 2. The molecule has 3 rings (SSSR count). The van der Waals surface area contributed by atoms with Crippen LogP contribution < -0.4 is 5.32 Å². The molecule has 2 saturated heterocycles. The normalized spacial score (nSPS) is 23.9. The fraction of sp³-hybridized carbons (Fsp3) is 0.750. The van der Waals surface area contributed by atoms with Crippen molar-refractivity contribution >= 4 is 5.91 Å². The molecule has 2 fully saturated rings. The van der Waals surface area contributed by atoms with Gasteiger partial charge in [0.1, 0.15) is 0 Å². The molecule has 1 aromatic heterocycles. The molecule has 1 unspecified atom stereocenters. The van der Waals surface area contributed by atoms with Gasteiger partial charge in [-0.15, -0.1) is 0 Å². The summed E-state index contributed by atoms with van der Waals surface area (Å²) in [5, 5.41) is 3.14. The van der Waals surface area contributed by atoms with Crippen molar-refractivity contribution in [2.45, 2.75) is 71.0 Å². The van der Waals surface area contributed by atoms with Crippen LogP contribution in [0.3, 0.4) is 0 Å². The second kappa shape index (κ2) is 8.37. The van der Waals surface area contributed by atoms with Crippen molar-refractivity contribution in [1.82, 2.24) is 15.1 Å². The summed E-state index contributed by atoms with van der Waals surface area (Å²) in [5.74, 6) is 0.386. The molecule has 0 radical (unpaired) electrons. The molecule has 0 aliphatic carbocycles. The van der Waals surface area contributed by atoms with Crippen molar-refractivity contribution < 1.29 is 9.21 Å². The number of amides is 1. The van der Waals surface area contributed by atoms with Crippen molar-refractivity contribution in [3.05, 3.63) is 23.7 Å². The zero-order valence-corrected chi connectivity index (χ0v) is 16.0. The van der Waals surface area contributed by atoms with Gasteiger partial charge in [-0.2, -0.15) is 0 Å². The molecule has 0 aromatic carbocycles. The Labute approximate surface area is 151 Å². The minimum absolute atomic E-state index is 0.0702. The predicted octanol–water partition coefficient (Wildman–Crippen LogP) is 3.05. The van der Waals surface area contributed by atoms with Crippen LogP contribution in [0.4, 0.5) is 0 Å². The van der Waals surface area contributed by atoms with Crippen LogP contribution in [0.2, 0.25) is 0 Å². The molecule has 1 atom stereocenters. The lowest BCUT2D eigenvalue weighted by molar-refractivity contribution is 0.0657. The molecule has 25 heavy (non-hydrogen) atoms. The average molecular weight is 348 g/mol. The first-order valence-electron chi connectivity index (χ1n) is 9.87. The maximum Gasteiger partial charge on any atom is 0.287 e. The number of carbonyl (C=O) groups is 1. The van der Waals surface area contributed by atoms with Crippen molar-refractivity contribution in [3.63, 3.8) is 0 Å². The monoisotopic (exact) mass is 347 g/mol. The summed E-state index contributed by atoms with van der Waals surface area (Å²) in [6, 6.07) is 3.44. The molecule has 0 spiro atoms. The number of nitrogens with zero attached hydrogens (tertiary/aromatic N) is 2. The Morgan fingerprint density at radius 3 is 2.64 bits per heavy atom. The topological polar surface area (TPSA) is 48.7 Å². The number of hydrogen-bond donors (Lipinski definition) is 1. The highest BCUT2D eigenvalue weighted by molar-refractivity contribution is 5.92. The van der Waals surface area contributed by atoms with Crippen LogP contribution in [-0.4, -0.2) is 60.0 Å². The van der Waals surface area contributed by atoms with Gasteiger partial charge in [0.25, 0.3) is 5.91 Å². The zero-order valence-electron chi connectivity index (χ0n) is 16.0. The Kier molecular flexibility index (Phi) is 6.18. The number of furan rings is 1. The maximum atomic E-state index is 12.3. The first kappa shape index (κ1) is 18.5. The van der Waals surface area contributed by atoms with Crippen LogP contribution in [0.5, 0.6) is 0 Å². The second-order valence-corrected chi connectivity index (χ2v) is 7.96. The van der Waals surface area contributed by atoms with E-state index in [9.17, 15) is 4.79 Å². The van der Waals surface area contributed by atoms with Gasteiger partial charge in [0.05, 0.1) is 6.26 Å². The highest BCUT2D eigenvalue weighted by atomic mass is 16.3. The van der Waals surface area contributed by atoms with E-state index in [-0.39, 0.29) is 11.9 Å². The first-order valence-corrected chi connectivity index (χ1v) is 9.87. The van der Waals surface area contributed by atoms with Gasteiger partial charge in [0, 0.05) is 43.3 Å². The Balaban J connectivity index is 1.45. The Hall–Kier alpha value is -1.33. The van der Waals surface area contributed by atoms with E-state index in [1.807, 2.05) is 13.0 Å². The van der Waals surface area contributed by atoms with Crippen LogP contribution in [0, 0.1) is 6.92 Å². The standard InChI is InChI=1S/C20H33N3O2/c1-15(2)23-10-5-4-6-18(23)14-22-11-7-17(8-12-22)21-20(24)19-16(3)9-13-25-19/h9,13,15,17-18H,4-8,10-12,14H2,1-3H3,(H,21,24). The van der Waals surface area contributed by atoms with E-state index >= 15 is 0 Å². The van der Waals surface area contributed by atoms with Gasteiger partial charge >= 0.3 is 0 Å². The molecule has 5 nitrogen and oxygen atoms in total. The highest BCUT2D eigenvalue weighted by Gasteiger charge is 2.29. The van der Waals surface area contributed by atoms with Gasteiger partial charge in [-0.05, 0) is 59.1 Å². The molecule has 3 heterocycles. The molecular weight excluding hydrogens is 314 g/mol. The molecule has 140 valence electrons. The summed E-state index contributed by atoms with van der Waals surface area (Å²) in [6.45, 7) is 11.1. The molecule has 2 aliphatic rings. The van der Waals surface area contributed by atoms with E-state index in [1.54, 1.807) is 6.26 Å². The first-order chi connectivity index (χ1) is 12.0. The maximum absolute atomic E-state index is 12.3. The lowest BCUT2D eigenvalue weighted by atomic mass is 9.98. The van der Waals surface area contributed by atoms with Crippen molar-refractivity contribution in [1.29, 1.82) is 0 Å². The molecule has 1 amide bonds. The largest absolute Gasteiger partial charge is 0.459 e. The summed E-state index contributed by atoms with van der Waals surface area (Å²) in [6.07, 6.45) is 7.67. The van der Waals surface area contributed by atoms with Crippen LogP contribution in [0.15, 0.2) is 16.7 Å². The van der Waals surface area contributed by atoms with Gasteiger partial charge in [-0.3, -0.25) is 9.69 Å². The van der Waals surface area contributed by atoms with Crippen LogP contribution in [0.25, 0.3) is 0 Å². The summed E-state index contributed by atoms with van der Waals surface area (Å²) in [4.78, 5) is 17.6. The van der Waals surface area contributed by atoms with Crippen molar-refractivity contribution in [2.75, 3.05) is 26.2 Å². The van der Waals surface area contributed by atoms with Crippen LogP contribution in [-0.2, 0) is 0 Å². The number of hydrogen-bond acceptors (Lipinski definition) is 4. The van der Waals surface area contributed by atoms with E-state index in [0.717, 1.165) is 31.5 Å². The van der Waals surface area contributed by atoms with Gasteiger partial charge in [0.15, 0.2) is 5.76 Å². The lowest BCUT2D eigenvalue weighted by Gasteiger charge is -2.42. The molecule has 1 aromatic rings. The summed E-state index contributed by atoms with van der Waals surface area (Å²) >= 11 is 0. The van der Waals surface area contributed by atoms with E-state index in [4.69, 9.17) is 4.42 Å². The number of rotatable bonds is 5. The lowest BCUT2D eigenvalue weighted by Crippen LogP contribution is -2.52. The molecule has 1 N–H and O–H groups in total. The van der Waals surface area contributed by atoms with Gasteiger partial charge in [-0.25, -0.2) is 0 Å². The number of nitrogens with one attached hydrogen (secondary N) is 1. The van der Waals surface area contributed by atoms with Crippen LogP contribution in [0.1, 0.15) is 62.1 Å². The Morgan fingerprint density at radius 1 is 1.24 bits per heavy atom. The quantitative estimate of drug-likeness (QED) is 0.889. The zero-order chi connectivity index (χ0) is 17.8. The summed E-state index contributed by atoms with van der Waals surface area (Å²) in [7, 11) is 0. The van der Waals surface area contributed by atoms with Crippen molar-refractivity contribution in [3.8, 4) is 0 Å². The molecular formula is C20H33N3O2. The number of carbonyl (C=O) groups excluding carboxylic acids is 1. The van der Waals surface area contributed by atoms with Gasteiger partial charge in [-0.1, -0.05) is 6.42 Å². The molecule has 2 aliphatic heterocycles. The average Bonchev–Trinajstić information content (AvgIpc) is 3.03. The third-order valence-corrected chi connectivity index (χ3v) is 5.80. The minimum Gasteiger partial charge on any atom is -0.459 e. The molecule has 5 heteroatoms. The third-order valence-electron chi connectivity index (χ3n) is 5.80. The van der Waals surface area contributed by atoms with Crippen LogP contribution >= 0.6 is 0 Å². The predicted molar refractivity (Wildman–Crippen MR) is 99.9 cm³/mol. The van der Waals surface area contributed by atoms with Gasteiger partial charge < -0.3 is 14.6 Å². The van der Waals surface area contributed by atoms with E-state index in [2.05, 4.69) is 29.0 Å². The number of aryl methyl sites for hydroxylation is 1. The summed E-state index contributed by atoms with van der Waals surface area (Å²) < 4.78 is 5.30. The second-order valence-electron chi connectivity index (χ2n) is 7.96. The molecule has 0 saturated carbocycles. The highest BCUT2D eigenvalue weighted by Crippen LogP contribution is 2.22.